The van der Waals surface area contributed by atoms with Crippen LogP contribution in [0.1, 0.15) is 38.5 Å². The van der Waals surface area contributed by atoms with Gasteiger partial charge in [0.15, 0.2) is 5.69 Å². The minimum absolute atomic E-state index is 0.0658. The molecule has 4 rings (SSSR count). The minimum Gasteiger partial charge on any atom is -0.267 e. The van der Waals surface area contributed by atoms with Crippen LogP contribution in [0.25, 0.3) is 5.69 Å². The summed E-state index contributed by atoms with van der Waals surface area (Å²) < 4.78 is 41.8. The zero-order valence-electron chi connectivity index (χ0n) is 16.7. The fourth-order valence-corrected chi connectivity index (χ4v) is 3.63. The number of benzene rings is 1. The fraction of sp³-hybridized carbons (Fsp3) is 0.250. The molecule has 1 aromatic carbocycles. The monoisotopic (exact) mass is 464 g/mol. The van der Waals surface area contributed by atoms with Crippen molar-refractivity contribution in [1.82, 2.24) is 29.8 Å². The maximum absolute atomic E-state index is 13.4. The summed E-state index contributed by atoms with van der Waals surface area (Å²) in [6.07, 6.45) is -2.42. The summed E-state index contributed by atoms with van der Waals surface area (Å²) >= 11 is 5.50. The van der Waals surface area contributed by atoms with E-state index in [-0.39, 0.29) is 18.7 Å². The number of aromatic nitrogens is 4. The number of carbonyl (C=O) groups excluding carboxylic acids is 2. The number of hydrogen-bond acceptors (Lipinski definition) is 5. The topological polar surface area (TPSA) is 84.2 Å². The Morgan fingerprint density at radius 3 is 2.25 bits per heavy atom. The van der Waals surface area contributed by atoms with Crippen molar-refractivity contribution in [2.45, 2.75) is 19.5 Å². The van der Waals surface area contributed by atoms with Crippen molar-refractivity contribution >= 4 is 23.4 Å². The van der Waals surface area contributed by atoms with Gasteiger partial charge < -0.3 is 0 Å². The molecular formula is C20H16ClF3N6O2. The van der Waals surface area contributed by atoms with E-state index in [1.54, 1.807) is 11.6 Å². The first-order valence-corrected chi connectivity index (χ1v) is 9.89. The first-order valence-electron chi connectivity index (χ1n) is 9.52. The Bertz CT molecular complexity index is 1180. The van der Waals surface area contributed by atoms with E-state index in [9.17, 15) is 22.8 Å². The quantitative estimate of drug-likeness (QED) is 0.553. The molecule has 1 aliphatic rings. The maximum atomic E-state index is 13.4. The van der Waals surface area contributed by atoms with Crippen molar-refractivity contribution in [3.8, 4) is 5.69 Å². The fourth-order valence-electron chi connectivity index (χ4n) is 3.49. The standard InChI is InChI=1S/C20H16ClF3N6O2/c1-12-14(11-26-30(12)13-6-3-2-4-7-13)17(31)28-8-5-9-29(28)18(32)15-10-25-19(21)27-16(15)20(22,23)24/h2-4,6-7,10-11H,5,8-9H2,1H3. The van der Waals surface area contributed by atoms with E-state index in [4.69, 9.17) is 11.6 Å². The number of halogens is 4. The molecule has 0 radical (unpaired) electrons. The molecule has 1 fully saturated rings. The highest BCUT2D eigenvalue weighted by molar-refractivity contribution is 6.28. The molecule has 0 aliphatic carbocycles. The van der Waals surface area contributed by atoms with Crippen LogP contribution in [0.4, 0.5) is 13.2 Å². The normalized spacial score (nSPS) is 14.2. The molecule has 0 N–H and O–H groups in total. The lowest BCUT2D eigenvalue weighted by Gasteiger charge is -2.28. The van der Waals surface area contributed by atoms with E-state index in [0.29, 0.717) is 12.1 Å². The third kappa shape index (κ3) is 3.91. The molecule has 2 aromatic heterocycles. The van der Waals surface area contributed by atoms with Crippen LogP contribution < -0.4 is 0 Å². The molecule has 1 saturated heterocycles. The van der Waals surface area contributed by atoms with Gasteiger partial charge in [0.2, 0.25) is 5.28 Å². The summed E-state index contributed by atoms with van der Waals surface area (Å²) in [7, 11) is 0. The summed E-state index contributed by atoms with van der Waals surface area (Å²) in [5.74, 6) is -1.58. The van der Waals surface area contributed by atoms with E-state index in [0.717, 1.165) is 21.9 Å². The van der Waals surface area contributed by atoms with E-state index < -0.39 is 34.5 Å². The summed E-state index contributed by atoms with van der Waals surface area (Å²) in [6, 6.07) is 9.13. The van der Waals surface area contributed by atoms with Gasteiger partial charge in [-0.15, -0.1) is 0 Å². The van der Waals surface area contributed by atoms with Gasteiger partial charge in [-0.25, -0.2) is 24.7 Å². The van der Waals surface area contributed by atoms with Gasteiger partial charge in [-0.2, -0.15) is 18.3 Å². The van der Waals surface area contributed by atoms with Gasteiger partial charge in [0.1, 0.15) is 0 Å². The highest BCUT2D eigenvalue weighted by Crippen LogP contribution is 2.32. The number of nitrogens with zero attached hydrogens (tertiary/aromatic N) is 6. The number of rotatable bonds is 3. The first kappa shape index (κ1) is 21.8. The zero-order chi connectivity index (χ0) is 23.0. The SMILES string of the molecule is Cc1c(C(=O)N2CCCN2C(=O)c2cnc(Cl)nc2C(F)(F)F)cnn1-c1ccccc1. The van der Waals surface area contributed by atoms with E-state index in [1.165, 1.54) is 6.20 Å². The maximum Gasteiger partial charge on any atom is 0.434 e. The molecule has 8 nitrogen and oxygen atoms in total. The predicted molar refractivity (Wildman–Crippen MR) is 107 cm³/mol. The van der Waals surface area contributed by atoms with Crippen LogP contribution in [0, 0.1) is 6.92 Å². The number of hydrazine groups is 1. The second-order valence-corrected chi connectivity index (χ2v) is 7.34. The second kappa shape index (κ2) is 8.23. The average Bonchev–Trinajstić information content (AvgIpc) is 3.40. The lowest BCUT2D eigenvalue weighted by Crippen LogP contribution is -2.45. The highest BCUT2D eigenvalue weighted by atomic mass is 35.5. The minimum atomic E-state index is -4.92. The summed E-state index contributed by atoms with van der Waals surface area (Å²) in [5, 5.41) is 5.71. The van der Waals surface area contributed by atoms with Gasteiger partial charge in [0.05, 0.1) is 28.7 Å². The number of alkyl halides is 3. The molecule has 0 saturated carbocycles. The lowest BCUT2D eigenvalue weighted by molar-refractivity contribution is -0.141. The first-order chi connectivity index (χ1) is 15.2. The Morgan fingerprint density at radius 2 is 1.62 bits per heavy atom. The molecule has 32 heavy (non-hydrogen) atoms. The molecule has 3 aromatic rings. The molecule has 0 spiro atoms. The number of para-hydroxylation sites is 1. The molecule has 0 unspecified atom stereocenters. The third-order valence-electron chi connectivity index (χ3n) is 5.00. The average molecular weight is 465 g/mol. The molecule has 166 valence electrons. The summed E-state index contributed by atoms with van der Waals surface area (Å²) in [6.45, 7) is 1.93. The predicted octanol–water partition coefficient (Wildman–Crippen LogP) is 3.55. The zero-order valence-corrected chi connectivity index (χ0v) is 17.4. The van der Waals surface area contributed by atoms with Crippen molar-refractivity contribution in [3.63, 3.8) is 0 Å². The third-order valence-corrected chi connectivity index (χ3v) is 5.18. The number of hydrogen-bond donors (Lipinski definition) is 0. The molecule has 12 heteroatoms. The van der Waals surface area contributed by atoms with Gasteiger partial charge in [-0.3, -0.25) is 9.59 Å². The molecule has 3 heterocycles. The Balaban J connectivity index is 1.65. The second-order valence-electron chi connectivity index (χ2n) is 7.00. The molecular weight excluding hydrogens is 449 g/mol. The van der Waals surface area contributed by atoms with Crippen LogP contribution in [0.3, 0.4) is 0 Å². The van der Waals surface area contributed by atoms with Gasteiger partial charge in [-0.05, 0) is 37.1 Å². The van der Waals surface area contributed by atoms with Crippen molar-refractivity contribution in [2.24, 2.45) is 0 Å². The van der Waals surface area contributed by atoms with Crippen molar-refractivity contribution < 1.29 is 22.8 Å². The van der Waals surface area contributed by atoms with Crippen molar-refractivity contribution in [1.29, 1.82) is 0 Å². The van der Waals surface area contributed by atoms with Crippen LogP contribution in [-0.4, -0.2) is 54.7 Å². The van der Waals surface area contributed by atoms with Gasteiger partial charge in [0.25, 0.3) is 11.8 Å². The van der Waals surface area contributed by atoms with Gasteiger partial charge >= 0.3 is 6.18 Å². The van der Waals surface area contributed by atoms with Gasteiger partial charge in [0, 0.05) is 19.3 Å². The molecule has 2 amide bonds. The van der Waals surface area contributed by atoms with Crippen molar-refractivity contribution in [3.05, 3.63) is 70.5 Å². The van der Waals surface area contributed by atoms with E-state index in [1.807, 2.05) is 30.3 Å². The summed E-state index contributed by atoms with van der Waals surface area (Å²) in [5.41, 5.74) is -0.719. The number of amides is 2. The lowest BCUT2D eigenvalue weighted by atomic mass is 10.2. The van der Waals surface area contributed by atoms with Gasteiger partial charge in [-0.1, -0.05) is 18.2 Å². The van der Waals surface area contributed by atoms with Crippen molar-refractivity contribution in [2.75, 3.05) is 13.1 Å². The Labute approximate surface area is 185 Å². The highest BCUT2D eigenvalue weighted by Gasteiger charge is 2.41. The van der Waals surface area contributed by atoms with Crippen LogP contribution >= 0.6 is 11.6 Å². The smallest absolute Gasteiger partial charge is 0.267 e. The molecule has 1 aliphatic heterocycles. The van der Waals surface area contributed by atoms with Crippen LogP contribution in [-0.2, 0) is 6.18 Å². The largest absolute Gasteiger partial charge is 0.434 e. The Kier molecular flexibility index (Phi) is 5.59. The van der Waals surface area contributed by atoms with Crippen LogP contribution in [0.15, 0.2) is 42.7 Å². The van der Waals surface area contributed by atoms with Crippen LogP contribution in [0.2, 0.25) is 5.28 Å². The van der Waals surface area contributed by atoms with E-state index in [2.05, 4.69) is 15.1 Å². The van der Waals surface area contributed by atoms with Crippen LogP contribution in [0.5, 0.6) is 0 Å². The Hall–Kier alpha value is -3.47. The van der Waals surface area contributed by atoms with E-state index >= 15 is 0 Å². The Morgan fingerprint density at radius 1 is 1.00 bits per heavy atom. The molecule has 0 bridgehead atoms. The summed E-state index contributed by atoms with van der Waals surface area (Å²) in [4.78, 5) is 32.9. The molecule has 0 atom stereocenters. The number of carbonyl (C=O) groups is 2.